The number of aryl methyl sites for hydroxylation is 1. The maximum Gasteiger partial charge on any atom is 0.214 e. The molecule has 5 heteroatoms. The number of nitrogen functional groups attached to an aromatic ring is 1. The molecule has 1 saturated heterocycles. The van der Waals surface area contributed by atoms with Crippen molar-refractivity contribution in [2.75, 3.05) is 13.2 Å². The highest BCUT2D eigenvalue weighted by atomic mass is 16.5. The van der Waals surface area contributed by atoms with Crippen LogP contribution in [0.25, 0.3) is 0 Å². The Balaban J connectivity index is 2.16. The lowest BCUT2D eigenvalue weighted by Gasteiger charge is -2.12. The maximum atomic E-state index is 7.38. The Kier molecular flexibility index (Phi) is 3.05. The van der Waals surface area contributed by atoms with Gasteiger partial charge in [-0.1, -0.05) is 0 Å². The van der Waals surface area contributed by atoms with E-state index < -0.39 is 0 Å². The summed E-state index contributed by atoms with van der Waals surface area (Å²) in [5.74, 6) is 0.540. The third-order valence-electron chi connectivity index (χ3n) is 2.42. The molecule has 2 rings (SSSR count). The Bertz CT molecular complexity index is 400. The van der Waals surface area contributed by atoms with Crippen LogP contribution in [0.4, 0.5) is 0 Å². The minimum absolute atomic E-state index is 0.0259. The zero-order valence-electron chi connectivity index (χ0n) is 9.19. The van der Waals surface area contributed by atoms with Crippen molar-refractivity contribution in [2.24, 2.45) is 5.73 Å². The van der Waals surface area contributed by atoms with Crippen LogP contribution in [0.2, 0.25) is 0 Å². The molecule has 1 fully saturated rings. The molecule has 16 heavy (non-hydrogen) atoms. The Morgan fingerprint density at radius 3 is 3.06 bits per heavy atom. The molecular weight excluding hydrogens is 206 g/mol. The van der Waals surface area contributed by atoms with E-state index in [9.17, 15) is 0 Å². The quantitative estimate of drug-likeness (QED) is 0.585. The number of ether oxygens (including phenoxy) is 2. The fourth-order valence-corrected chi connectivity index (χ4v) is 1.63. The largest absolute Gasteiger partial charge is 0.472 e. The Hall–Kier alpha value is -1.62. The Morgan fingerprint density at radius 2 is 2.44 bits per heavy atom. The number of rotatable bonds is 3. The van der Waals surface area contributed by atoms with Gasteiger partial charge < -0.3 is 15.2 Å². The Morgan fingerprint density at radius 1 is 1.62 bits per heavy atom. The summed E-state index contributed by atoms with van der Waals surface area (Å²) in [5.41, 5.74) is 6.87. The first-order chi connectivity index (χ1) is 7.65. The lowest BCUT2D eigenvalue weighted by molar-refractivity contribution is 0.138. The van der Waals surface area contributed by atoms with Gasteiger partial charge in [0, 0.05) is 23.7 Å². The summed E-state index contributed by atoms with van der Waals surface area (Å²) >= 11 is 0. The van der Waals surface area contributed by atoms with Gasteiger partial charge in [-0.15, -0.1) is 0 Å². The molecule has 1 aliphatic heterocycles. The van der Waals surface area contributed by atoms with Crippen LogP contribution in [-0.4, -0.2) is 30.1 Å². The maximum absolute atomic E-state index is 7.38. The number of aromatic nitrogens is 1. The molecule has 1 atom stereocenters. The average Bonchev–Trinajstić information content (AvgIpc) is 2.69. The monoisotopic (exact) mass is 221 g/mol. The molecule has 1 unspecified atom stereocenters. The minimum atomic E-state index is 0.0259. The predicted molar refractivity (Wildman–Crippen MR) is 59.8 cm³/mol. The lowest BCUT2D eigenvalue weighted by atomic mass is 10.2. The highest BCUT2D eigenvalue weighted by Gasteiger charge is 2.18. The summed E-state index contributed by atoms with van der Waals surface area (Å²) in [6.07, 6.45) is 0.944. The van der Waals surface area contributed by atoms with Gasteiger partial charge in [-0.05, 0) is 13.0 Å². The Labute approximate surface area is 94.1 Å². The van der Waals surface area contributed by atoms with E-state index in [4.69, 9.17) is 20.6 Å². The molecular formula is C11H15N3O2. The van der Waals surface area contributed by atoms with Crippen LogP contribution in [0.15, 0.2) is 12.1 Å². The SMILES string of the molecule is Cc1cc(C(=N)N)cc(OC2CCOC2)n1. The molecule has 3 N–H and O–H groups in total. The minimum Gasteiger partial charge on any atom is -0.472 e. The molecule has 1 aromatic rings. The predicted octanol–water partition coefficient (Wildman–Crippen LogP) is 0.842. The second-order valence-corrected chi connectivity index (χ2v) is 3.85. The number of amidine groups is 1. The van der Waals surface area contributed by atoms with E-state index >= 15 is 0 Å². The second-order valence-electron chi connectivity index (χ2n) is 3.85. The van der Waals surface area contributed by atoms with Crippen molar-refractivity contribution in [3.8, 4) is 5.88 Å². The van der Waals surface area contributed by atoms with E-state index in [-0.39, 0.29) is 11.9 Å². The van der Waals surface area contributed by atoms with Gasteiger partial charge in [0.15, 0.2) is 0 Å². The molecule has 0 aromatic carbocycles. The van der Waals surface area contributed by atoms with Gasteiger partial charge in [-0.2, -0.15) is 0 Å². The number of nitrogens with zero attached hydrogens (tertiary/aromatic N) is 1. The first-order valence-corrected chi connectivity index (χ1v) is 5.22. The zero-order valence-corrected chi connectivity index (χ0v) is 9.19. The fourth-order valence-electron chi connectivity index (χ4n) is 1.63. The van der Waals surface area contributed by atoms with Gasteiger partial charge in [0.2, 0.25) is 5.88 Å². The van der Waals surface area contributed by atoms with Gasteiger partial charge in [0.05, 0.1) is 13.2 Å². The molecule has 86 valence electrons. The highest BCUT2D eigenvalue weighted by molar-refractivity contribution is 5.95. The van der Waals surface area contributed by atoms with Crippen LogP contribution in [0, 0.1) is 12.3 Å². The second kappa shape index (κ2) is 4.49. The van der Waals surface area contributed by atoms with Crippen molar-refractivity contribution in [3.63, 3.8) is 0 Å². The van der Waals surface area contributed by atoms with E-state index in [2.05, 4.69) is 4.98 Å². The van der Waals surface area contributed by atoms with E-state index in [1.807, 2.05) is 6.92 Å². The van der Waals surface area contributed by atoms with Crippen LogP contribution in [0.1, 0.15) is 17.7 Å². The van der Waals surface area contributed by atoms with Crippen molar-refractivity contribution in [1.82, 2.24) is 4.98 Å². The van der Waals surface area contributed by atoms with E-state index in [1.54, 1.807) is 12.1 Å². The molecule has 2 heterocycles. The number of hydrogen-bond acceptors (Lipinski definition) is 4. The summed E-state index contributed by atoms with van der Waals surface area (Å²) in [6, 6.07) is 3.45. The summed E-state index contributed by atoms with van der Waals surface area (Å²) in [4.78, 5) is 4.25. The third kappa shape index (κ3) is 2.49. The molecule has 0 radical (unpaired) electrons. The van der Waals surface area contributed by atoms with E-state index in [0.717, 1.165) is 18.7 Å². The molecule has 0 amide bonds. The third-order valence-corrected chi connectivity index (χ3v) is 2.42. The van der Waals surface area contributed by atoms with Crippen molar-refractivity contribution in [1.29, 1.82) is 5.41 Å². The number of pyridine rings is 1. The summed E-state index contributed by atoms with van der Waals surface area (Å²) in [7, 11) is 0. The fraction of sp³-hybridized carbons (Fsp3) is 0.455. The first kappa shape index (κ1) is 10.9. The molecule has 1 aliphatic rings. The summed E-state index contributed by atoms with van der Waals surface area (Å²) in [6.45, 7) is 3.19. The van der Waals surface area contributed by atoms with Crippen LogP contribution < -0.4 is 10.5 Å². The van der Waals surface area contributed by atoms with Gasteiger partial charge in [-0.25, -0.2) is 4.98 Å². The molecule has 0 saturated carbocycles. The topological polar surface area (TPSA) is 81.2 Å². The van der Waals surface area contributed by atoms with Crippen molar-refractivity contribution in [2.45, 2.75) is 19.4 Å². The smallest absolute Gasteiger partial charge is 0.214 e. The first-order valence-electron chi connectivity index (χ1n) is 5.22. The normalized spacial score (nSPS) is 19.7. The van der Waals surface area contributed by atoms with Crippen LogP contribution in [-0.2, 0) is 4.74 Å². The standard InChI is InChI=1S/C11H15N3O2/c1-7-4-8(11(12)13)5-10(14-7)16-9-2-3-15-6-9/h4-5,9H,2-3,6H2,1H3,(H3,12,13). The molecule has 0 bridgehead atoms. The number of nitrogens with one attached hydrogen (secondary N) is 1. The van der Waals surface area contributed by atoms with Crippen molar-refractivity contribution < 1.29 is 9.47 Å². The number of nitrogens with two attached hydrogens (primary N) is 1. The van der Waals surface area contributed by atoms with Gasteiger partial charge in [0.1, 0.15) is 11.9 Å². The molecule has 0 aliphatic carbocycles. The van der Waals surface area contributed by atoms with Crippen LogP contribution in [0.3, 0.4) is 0 Å². The molecule has 0 spiro atoms. The van der Waals surface area contributed by atoms with Crippen LogP contribution >= 0.6 is 0 Å². The summed E-state index contributed by atoms with van der Waals surface area (Å²) in [5, 5.41) is 7.38. The van der Waals surface area contributed by atoms with Gasteiger partial charge in [0.25, 0.3) is 0 Å². The van der Waals surface area contributed by atoms with Gasteiger partial charge in [-0.3, -0.25) is 5.41 Å². The molecule has 5 nitrogen and oxygen atoms in total. The summed E-state index contributed by atoms with van der Waals surface area (Å²) < 4.78 is 10.9. The highest BCUT2D eigenvalue weighted by Crippen LogP contribution is 2.17. The van der Waals surface area contributed by atoms with Crippen molar-refractivity contribution in [3.05, 3.63) is 23.4 Å². The van der Waals surface area contributed by atoms with E-state index in [0.29, 0.717) is 18.1 Å². The number of hydrogen-bond donors (Lipinski definition) is 2. The van der Waals surface area contributed by atoms with Crippen LogP contribution in [0.5, 0.6) is 5.88 Å². The van der Waals surface area contributed by atoms with Gasteiger partial charge >= 0.3 is 0 Å². The van der Waals surface area contributed by atoms with E-state index in [1.165, 1.54) is 0 Å². The zero-order chi connectivity index (χ0) is 11.5. The average molecular weight is 221 g/mol. The molecule has 1 aromatic heterocycles. The van der Waals surface area contributed by atoms with Crippen molar-refractivity contribution >= 4 is 5.84 Å². The lowest BCUT2D eigenvalue weighted by Crippen LogP contribution is -2.18.